The van der Waals surface area contributed by atoms with E-state index in [4.69, 9.17) is 0 Å². The second-order valence-corrected chi connectivity index (χ2v) is 3.99. The summed E-state index contributed by atoms with van der Waals surface area (Å²) in [6.45, 7) is -0.567. The molecule has 0 saturated heterocycles. The number of carbonyl (C=O) groups is 2. The average molecular weight is 276 g/mol. The first-order valence-electron chi connectivity index (χ1n) is 5.72. The Morgan fingerprint density at radius 1 is 1.15 bits per heavy atom. The van der Waals surface area contributed by atoms with Crippen molar-refractivity contribution in [3.05, 3.63) is 35.9 Å². The topological polar surface area (TPSA) is 93.1 Å². The number of rotatable bonds is 3. The predicted molar refractivity (Wildman–Crippen MR) is 69.6 cm³/mol. The Hall–Kier alpha value is -2.76. The first kappa shape index (κ1) is 13.7. The quantitative estimate of drug-likeness (QED) is 0.653. The van der Waals surface area contributed by atoms with Gasteiger partial charge in [0.05, 0.1) is 7.11 Å². The summed E-state index contributed by atoms with van der Waals surface area (Å²) in [5, 5.41) is 20.6. The van der Waals surface area contributed by atoms with Crippen LogP contribution in [0.4, 0.5) is 0 Å². The Balaban J connectivity index is 2.37. The minimum atomic E-state index is -0.922. The van der Waals surface area contributed by atoms with Gasteiger partial charge in [0.1, 0.15) is 17.1 Å². The monoisotopic (exact) mass is 276 g/mol. The highest BCUT2D eigenvalue weighted by Gasteiger charge is 2.19. The van der Waals surface area contributed by atoms with Crippen molar-refractivity contribution in [2.75, 3.05) is 13.7 Å². The SMILES string of the molecule is COC(=O)COC(=O)c1cc(O)c2ccccc2c1O. The molecule has 0 aliphatic rings. The number of carbonyl (C=O) groups excluding carboxylic acids is 2. The summed E-state index contributed by atoms with van der Waals surface area (Å²) in [5.41, 5.74) is -0.217. The lowest BCUT2D eigenvalue weighted by molar-refractivity contribution is -0.144. The summed E-state index contributed by atoms with van der Waals surface area (Å²) < 4.78 is 9.01. The summed E-state index contributed by atoms with van der Waals surface area (Å²) in [6.07, 6.45) is 0. The van der Waals surface area contributed by atoms with E-state index in [1.165, 1.54) is 0 Å². The van der Waals surface area contributed by atoms with Gasteiger partial charge in [-0.1, -0.05) is 24.3 Å². The van der Waals surface area contributed by atoms with Crippen LogP contribution in [0.25, 0.3) is 10.8 Å². The minimum absolute atomic E-state index is 0.164. The van der Waals surface area contributed by atoms with Crippen molar-refractivity contribution in [3.63, 3.8) is 0 Å². The van der Waals surface area contributed by atoms with Crippen LogP contribution in [0.5, 0.6) is 11.5 Å². The van der Waals surface area contributed by atoms with Crippen LogP contribution >= 0.6 is 0 Å². The number of phenols is 2. The smallest absolute Gasteiger partial charge is 0.344 e. The average Bonchev–Trinajstić information content (AvgIpc) is 2.48. The molecule has 0 atom stereocenters. The molecule has 6 nitrogen and oxygen atoms in total. The number of methoxy groups -OCH3 is 1. The summed E-state index contributed by atoms with van der Waals surface area (Å²) in [4.78, 5) is 22.7. The van der Waals surface area contributed by atoms with E-state index in [9.17, 15) is 19.8 Å². The van der Waals surface area contributed by atoms with Gasteiger partial charge in [0.15, 0.2) is 6.61 Å². The normalized spacial score (nSPS) is 10.2. The largest absolute Gasteiger partial charge is 0.507 e. The van der Waals surface area contributed by atoms with E-state index in [1.807, 2.05) is 0 Å². The van der Waals surface area contributed by atoms with Crippen molar-refractivity contribution >= 4 is 22.7 Å². The lowest BCUT2D eigenvalue weighted by atomic mass is 10.0. The third kappa shape index (κ3) is 2.49. The molecule has 0 spiro atoms. The highest BCUT2D eigenvalue weighted by molar-refractivity contribution is 6.03. The van der Waals surface area contributed by atoms with Crippen LogP contribution in [-0.4, -0.2) is 35.9 Å². The summed E-state index contributed by atoms with van der Waals surface area (Å²) in [7, 11) is 1.16. The zero-order valence-electron chi connectivity index (χ0n) is 10.6. The van der Waals surface area contributed by atoms with Crippen LogP contribution in [0.15, 0.2) is 30.3 Å². The maximum absolute atomic E-state index is 11.8. The van der Waals surface area contributed by atoms with E-state index in [0.717, 1.165) is 13.2 Å². The predicted octanol–water partition coefficient (Wildman–Crippen LogP) is 1.58. The van der Waals surface area contributed by atoms with Crippen LogP contribution in [-0.2, 0) is 14.3 Å². The van der Waals surface area contributed by atoms with Crippen molar-refractivity contribution < 1.29 is 29.3 Å². The van der Waals surface area contributed by atoms with Crippen molar-refractivity contribution in [3.8, 4) is 11.5 Å². The van der Waals surface area contributed by atoms with Gasteiger partial charge in [-0.05, 0) is 6.07 Å². The van der Waals surface area contributed by atoms with Crippen LogP contribution in [0, 0.1) is 0 Å². The molecule has 0 fully saturated rings. The fraction of sp³-hybridized carbons (Fsp3) is 0.143. The fourth-order valence-electron chi connectivity index (χ4n) is 1.76. The maximum atomic E-state index is 11.8. The van der Waals surface area contributed by atoms with Crippen molar-refractivity contribution in [2.45, 2.75) is 0 Å². The number of benzene rings is 2. The molecule has 104 valence electrons. The molecular weight excluding hydrogens is 264 g/mol. The van der Waals surface area contributed by atoms with Gasteiger partial charge in [0.25, 0.3) is 0 Å². The van der Waals surface area contributed by atoms with Gasteiger partial charge in [-0.2, -0.15) is 0 Å². The number of fused-ring (bicyclic) bond motifs is 1. The molecule has 2 N–H and O–H groups in total. The van der Waals surface area contributed by atoms with Gasteiger partial charge in [0.2, 0.25) is 0 Å². The molecule has 0 heterocycles. The maximum Gasteiger partial charge on any atom is 0.344 e. The van der Waals surface area contributed by atoms with Crippen molar-refractivity contribution in [1.29, 1.82) is 0 Å². The Morgan fingerprint density at radius 2 is 1.80 bits per heavy atom. The third-order valence-electron chi connectivity index (χ3n) is 2.76. The molecular formula is C14H12O6. The van der Waals surface area contributed by atoms with E-state index in [-0.39, 0.29) is 17.1 Å². The lowest BCUT2D eigenvalue weighted by Gasteiger charge is -2.09. The van der Waals surface area contributed by atoms with Crippen molar-refractivity contribution in [1.82, 2.24) is 0 Å². The van der Waals surface area contributed by atoms with E-state index < -0.39 is 18.5 Å². The standard InChI is InChI=1S/C14H12O6/c1-19-12(16)7-20-14(18)10-6-11(15)8-4-2-3-5-9(8)13(10)17/h2-6,15,17H,7H2,1H3. The summed E-state index contributed by atoms with van der Waals surface area (Å²) in [5.74, 6) is -2.12. The number of hydrogen-bond donors (Lipinski definition) is 2. The van der Waals surface area contributed by atoms with Gasteiger partial charge < -0.3 is 19.7 Å². The molecule has 6 heteroatoms. The second kappa shape index (κ2) is 5.48. The molecule has 2 rings (SSSR count). The molecule has 2 aromatic rings. The summed E-state index contributed by atoms with van der Waals surface area (Å²) >= 11 is 0. The number of aromatic hydroxyl groups is 2. The van der Waals surface area contributed by atoms with Crippen LogP contribution < -0.4 is 0 Å². The van der Waals surface area contributed by atoms with E-state index >= 15 is 0 Å². The number of esters is 2. The molecule has 0 amide bonds. The summed E-state index contributed by atoms with van der Waals surface area (Å²) in [6, 6.07) is 7.61. The zero-order chi connectivity index (χ0) is 14.7. The minimum Gasteiger partial charge on any atom is -0.507 e. The third-order valence-corrected chi connectivity index (χ3v) is 2.76. The van der Waals surface area contributed by atoms with Gasteiger partial charge in [-0.3, -0.25) is 0 Å². The zero-order valence-corrected chi connectivity index (χ0v) is 10.6. The Morgan fingerprint density at radius 3 is 2.45 bits per heavy atom. The van der Waals surface area contributed by atoms with Crippen LogP contribution in [0.3, 0.4) is 0 Å². The highest BCUT2D eigenvalue weighted by atomic mass is 16.6. The number of hydrogen-bond acceptors (Lipinski definition) is 6. The van der Waals surface area contributed by atoms with E-state index in [0.29, 0.717) is 10.8 Å². The molecule has 2 aromatic carbocycles. The lowest BCUT2D eigenvalue weighted by Crippen LogP contribution is -2.15. The van der Waals surface area contributed by atoms with Crippen molar-refractivity contribution in [2.24, 2.45) is 0 Å². The second-order valence-electron chi connectivity index (χ2n) is 3.99. The van der Waals surface area contributed by atoms with Crippen LogP contribution in [0.1, 0.15) is 10.4 Å². The molecule has 0 saturated carbocycles. The molecule has 0 bridgehead atoms. The fourth-order valence-corrected chi connectivity index (χ4v) is 1.76. The first-order valence-corrected chi connectivity index (χ1v) is 5.72. The van der Waals surface area contributed by atoms with Gasteiger partial charge in [0, 0.05) is 10.8 Å². The first-order chi connectivity index (χ1) is 9.54. The molecule has 0 unspecified atom stereocenters. The number of phenolic OH excluding ortho intramolecular Hbond substituents is 2. The molecule has 0 aromatic heterocycles. The molecule has 20 heavy (non-hydrogen) atoms. The van der Waals surface area contributed by atoms with Gasteiger partial charge in [-0.25, -0.2) is 9.59 Å². The molecule has 0 radical (unpaired) electrons. The Bertz CT molecular complexity index is 677. The Kier molecular flexibility index (Phi) is 3.74. The van der Waals surface area contributed by atoms with E-state index in [2.05, 4.69) is 9.47 Å². The van der Waals surface area contributed by atoms with E-state index in [1.54, 1.807) is 24.3 Å². The number of ether oxygens (including phenoxy) is 2. The van der Waals surface area contributed by atoms with Gasteiger partial charge >= 0.3 is 11.9 Å². The molecule has 0 aliphatic carbocycles. The highest BCUT2D eigenvalue weighted by Crippen LogP contribution is 2.35. The van der Waals surface area contributed by atoms with Crippen LogP contribution in [0.2, 0.25) is 0 Å². The molecule has 0 aliphatic heterocycles. The Labute approximate surface area is 114 Å². The van der Waals surface area contributed by atoms with Gasteiger partial charge in [-0.15, -0.1) is 0 Å².